The number of rotatable bonds is 7. The van der Waals surface area contributed by atoms with Gasteiger partial charge in [-0.3, -0.25) is 9.59 Å². The molecule has 3 aromatic rings. The first-order valence-corrected chi connectivity index (χ1v) is 11.1. The van der Waals surface area contributed by atoms with Crippen LogP contribution in [0.25, 0.3) is 10.9 Å². The molecule has 1 aliphatic rings. The molecule has 0 saturated carbocycles. The number of nitrogens with two attached hydrogens (primary N) is 1. The summed E-state index contributed by atoms with van der Waals surface area (Å²) in [4.78, 5) is 42.3. The van der Waals surface area contributed by atoms with Crippen LogP contribution in [0.2, 0.25) is 0 Å². The number of nitrogens with zero attached hydrogens (tertiary/aromatic N) is 1. The molecule has 2 heterocycles. The van der Waals surface area contributed by atoms with E-state index in [4.69, 9.17) is 10.5 Å². The number of aromatic amines is 1. The average Bonchev–Trinajstić information content (AvgIpc) is 3.25. The Morgan fingerprint density at radius 3 is 2.48 bits per heavy atom. The first-order chi connectivity index (χ1) is 16.0. The molecule has 0 unspecified atom stereocenters. The molecule has 3 amide bonds. The summed E-state index contributed by atoms with van der Waals surface area (Å²) in [5.74, 6) is -0.746. The monoisotopic (exact) mass is 448 g/mol. The maximum Gasteiger partial charge on any atom is 0.408 e. The molecule has 1 saturated heterocycles. The lowest BCUT2D eigenvalue weighted by Gasteiger charge is -2.33. The van der Waals surface area contributed by atoms with Crippen molar-refractivity contribution in [2.24, 2.45) is 11.7 Å². The Morgan fingerprint density at radius 2 is 1.76 bits per heavy atom. The fourth-order valence-electron chi connectivity index (χ4n) is 4.23. The van der Waals surface area contributed by atoms with Crippen LogP contribution in [0, 0.1) is 5.92 Å². The first kappa shape index (κ1) is 22.4. The molecule has 172 valence electrons. The molecule has 0 bridgehead atoms. The number of para-hydroxylation sites is 1. The van der Waals surface area contributed by atoms with E-state index in [0.717, 1.165) is 22.0 Å². The number of hydrogen-bond donors (Lipinski definition) is 3. The number of likely N-dealkylation sites (tertiary alicyclic amines) is 1. The minimum absolute atomic E-state index is 0.116. The lowest BCUT2D eigenvalue weighted by atomic mass is 9.95. The summed E-state index contributed by atoms with van der Waals surface area (Å²) < 4.78 is 5.36. The second-order valence-corrected chi connectivity index (χ2v) is 8.32. The summed E-state index contributed by atoms with van der Waals surface area (Å²) in [5.41, 5.74) is 8.18. The summed E-state index contributed by atoms with van der Waals surface area (Å²) in [7, 11) is 0. The lowest BCUT2D eigenvalue weighted by molar-refractivity contribution is -0.136. The summed E-state index contributed by atoms with van der Waals surface area (Å²) in [6, 6.07) is 16.4. The molecule has 1 aromatic heterocycles. The number of aromatic nitrogens is 1. The SMILES string of the molecule is NC(=O)C1CCN(C(=O)[C@H](Cc2c[nH]c3ccccc23)NC(=O)OCc2ccccc2)CC1. The number of primary amides is 1. The zero-order valence-corrected chi connectivity index (χ0v) is 18.3. The van der Waals surface area contributed by atoms with Gasteiger partial charge in [-0.25, -0.2) is 4.79 Å². The van der Waals surface area contributed by atoms with Gasteiger partial charge in [0.2, 0.25) is 11.8 Å². The Bertz CT molecular complexity index is 1120. The number of nitrogens with one attached hydrogen (secondary N) is 2. The van der Waals surface area contributed by atoms with Crippen molar-refractivity contribution in [2.45, 2.75) is 31.9 Å². The molecule has 1 fully saturated rings. The number of benzene rings is 2. The van der Waals surface area contributed by atoms with Crippen LogP contribution >= 0.6 is 0 Å². The van der Waals surface area contributed by atoms with E-state index < -0.39 is 12.1 Å². The predicted octanol–water partition coefficient (Wildman–Crippen LogP) is 2.73. The van der Waals surface area contributed by atoms with Crippen molar-refractivity contribution in [1.29, 1.82) is 0 Å². The van der Waals surface area contributed by atoms with Crippen molar-refractivity contribution >= 4 is 28.8 Å². The van der Waals surface area contributed by atoms with Gasteiger partial charge in [-0.2, -0.15) is 0 Å². The Hall–Kier alpha value is -3.81. The van der Waals surface area contributed by atoms with Crippen molar-refractivity contribution < 1.29 is 19.1 Å². The highest BCUT2D eigenvalue weighted by Gasteiger charge is 2.31. The number of carbonyl (C=O) groups excluding carboxylic acids is 3. The van der Waals surface area contributed by atoms with E-state index in [1.807, 2.05) is 60.8 Å². The van der Waals surface area contributed by atoms with Crippen molar-refractivity contribution in [1.82, 2.24) is 15.2 Å². The topological polar surface area (TPSA) is 118 Å². The Labute approximate surface area is 192 Å². The second kappa shape index (κ2) is 10.2. The number of amides is 3. The fourth-order valence-corrected chi connectivity index (χ4v) is 4.23. The van der Waals surface area contributed by atoms with Gasteiger partial charge in [0.1, 0.15) is 12.6 Å². The first-order valence-electron chi connectivity index (χ1n) is 11.1. The molecule has 1 atom stereocenters. The Balaban J connectivity index is 1.47. The van der Waals surface area contributed by atoms with Gasteiger partial charge in [0, 0.05) is 42.5 Å². The average molecular weight is 449 g/mol. The van der Waals surface area contributed by atoms with E-state index in [9.17, 15) is 14.4 Å². The summed E-state index contributed by atoms with van der Waals surface area (Å²) in [5, 5.41) is 3.77. The van der Waals surface area contributed by atoms with Gasteiger partial charge in [-0.05, 0) is 30.0 Å². The maximum absolute atomic E-state index is 13.4. The largest absolute Gasteiger partial charge is 0.445 e. The quantitative estimate of drug-likeness (QED) is 0.515. The molecule has 8 nitrogen and oxygen atoms in total. The number of hydrogen-bond acceptors (Lipinski definition) is 4. The van der Waals surface area contributed by atoms with Gasteiger partial charge in [0.25, 0.3) is 0 Å². The highest BCUT2D eigenvalue weighted by Crippen LogP contribution is 2.22. The highest BCUT2D eigenvalue weighted by atomic mass is 16.5. The third-order valence-electron chi connectivity index (χ3n) is 6.11. The van der Waals surface area contributed by atoms with Crippen LogP contribution in [-0.4, -0.2) is 46.9 Å². The molecule has 33 heavy (non-hydrogen) atoms. The van der Waals surface area contributed by atoms with Crippen molar-refractivity contribution in [3.05, 3.63) is 71.9 Å². The summed E-state index contributed by atoms with van der Waals surface area (Å²) in [6.45, 7) is 0.972. The van der Waals surface area contributed by atoms with Crippen LogP contribution in [0.5, 0.6) is 0 Å². The van der Waals surface area contributed by atoms with Crippen LogP contribution < -0.4 is 11.1 Å². The van der Waals surface area contributed by atoms with Crippen LogP contribution in [0.15, 0.2) is 60.8 Å². The van der Waals surface area contributed by atoms with Crippen LogP contribution in [-0.2, 0) is 27.4 Å². The van der Waals surface area contributed by atoms with Crippen molar-refractivity contribution in [2.75, 3.05) is 13.1 Å². The second-order valence-electron chi connectivity index (χ2n) is 8.32. The maximum atomic E-state index is 13.4. The standard InChI is InChI=1S/C25H28N4O4/c26-23(30)18-10-12-29(13-11-18)24(31)22(14-19-15-27-21-9-5-4-8-20(19)21)28-25(32)33-16-17-6-2-1-3-7-17/h1-9,15,18,22,27H,10-14,16H2,(H2,26,30)(H,28,32)/t22-/m0/s1. The van der Waals surface area contributed by atoms with E-state index in [0.29, 0.717) is 32.4 Å². The van der Waals surface area contributed by atoms with E-state index in [1.165, 1.54) is 0 Å². The third-order valence-corrected chi connectivity index (χ3v) is 6.11. The number of ether oxygens (including phenoxy) is 1. The molecule has 0 spiro atoms. The van der Waals surface area contributed by atoms with Crippen LogP contribution in [0.1, 0.15) is 24.0 Å². The van der Waals surface area contributed by atoms with Gasteiger partial charge in [0.15, 0.2) is 0 Å². The smallest absolute Gasteiger partial charge is 0.408 e. The van der Waals surface area contributed by atoms with Crippen molar-refractivity contribution in [3.8, 4) is 0 Å². The fraction of sp³-hybridized carbons (Fsp3) is 0.320. The van der Waals surface area contributed by atoms with Crippen LogP contribution in [0.4, 0.5) is 4.79 Å². The Kier molecular flexibility index (Phi) is 6.92. The zero-order valence-electron chi connectivity index (χ0n) is 18.3. The molecular weight excluding hydrogens is 420 g/mol. The van der Waals surface area contributed by atoms with Gasteiger partial charge in [0.05, 0.1) is 0 Å². The molecule has 0 radical (unpaired) electrons. The number of H-pyrrole nitrogens is 1. The predicted molar refractivity (Wildman–Crippen MR) is 124 cm³/mol. The minimum Gasteiger partial charge on any atom is -0.445 e. The van der Waals surface area contributed by atoms with Gasteiger partial charge >= 0.3 is 6.09 Å². The van der Waals surface area contributed by atoms with Crippen LogP contribution in [0.3, 0.4) is 0 Å². The van der Waals surface area contributed by atoms with Crippen molar-refractivity contribution in [3.63, 3.8) is 0 Å². The molecule has 2 aromatic carbocycles. The van der Waals surface area contributed by atoms with E-state index >= 15 is 0 Å². The number of fused-ring (bicyclic) bond motifs is 1. The molecule has 0 aliphatic carbocycles. The third kappa shape index (κ3) is 5.52. The molecule has 4 rings (SSSR count). The Morgan fingerprint density at radius 1 is 1.06 bits per heavy atom. The van der Waals surface area contributed by atoms with E-state index in [-0.39, 0.29) is 24.3 Å². The number of piperidine rings is 1. The van der Waals surface area contributed by atoms with Gasteiger partial charge < -0.3 is 25.7 Å². The van der Waals surface area contributed by atoms with Gasteiger partial charge in [-0.15, -0.1) is 0 Å². The number of alkyl carbamates (subject to hydrolysis) is 1. The molecule has 1 aliphatic heterocycles. The zero-order chi connectivity index (χ0) is 23.2. The number of carbonyl (C=O) groups is 3. The van der Waals surface area contributed by atoms with Gasteiger partial charge in [-0.1, -0.05) is 48.5 Å². The molecule has 8 heteroatoms. The lowest BCUT2D eigenvalue weighted by Crippen LogP contribution is -2.52. The molecule has 4 N–H and O–H groups in total. The minimum atomic E-state index is -0.794. The van der Waals surface area contributed by atoms with E-state index in [2.05, 4.69) is 10.3 Å². The summed E-state index contributed by atoms with van der Waals surface area (Å²) in [6.07, 6.45) is 2.59. The van der Waals surface area contributed by atoms with E-state index in [1.54, 1.807) is 4.90 Å². The highest BCUT2D eigenvalue weighted by molar-refractivity contribution is 5.88. The molecular formula is C25H28N4O4. The normalized spacial score (nSPS) is 15.2. The summed E-state index contributed by atoms with van der Waals surface area (Å²) >= 11 is 0.